The number of nitrogens with one attached hydrogen (secondary N) is 1. The zero-order valence-corrected chi connectivity index (χ0v) is 21.7. The number of carbonyl (C=O) groups excluding carboxylic acids is 2. The fourth-order valence-electron chi connectivity index (χ4n) is 4.10. The third-order valence-electron chi connectivity index (χ3n) is 6.25. The highest BCUT2D eigenvalue weighted by Crippen LogP contribution is 2.34. The lowest BCUT2D eigenvalue weighted by Gasteiger charge is -2.23. The molecule has 1 aliphatic heterocycles. The maximum atomic E-state index is 12.6. The average molecular weight is 515 g/mol. The van der Waals surface area contributed by atoms with Crippen molar-refractivity contribution in [1.82, 2.24) is 0 Å². The quantitative estimate of drug-likeness (QED) is 0.384. The van der Waals surface area contributed by atoms with E-state index in [1.54, 1.807) is 24.3 Å². The van der Waals surface area contributed by atoms with Gasteiger partial charge in [0.2, 0.25) is 11.8 Å². The Labute approximate surface area is 221 Å². The van der Waals surface area contributed by atoms with E-state index >= 15 is 0 Å². The normalized spacial score (nSPS) is 15.5. The van der Waals surface area contributed by atoms with Crippen LogP contribution in [0.5, 0.6) is 5.75 Å². The Balaban J connectivity index is 1.41. The van der Waals surface area contributed by atoms with E-state index in [1.807, 2.05) is 30.3 Å². The lowest BCUT2D eigenvalue weighted by atomic mass is 9.85. The van der Waals surface area contributed by atoms with Gasteiger partial charge in [0.1, 0.15) is 17.4 Å². The van der Waals surface area contributed by atoms with Gasteiger partial charge in [-0.25, -0.2) is 0 Å². The molecule has 3 aromatic rings. The summed E-state index contributed by atoms with van der Waals surface area (Å²) >= 11 is 1.37. The van der Waals surface area contributed by atoms with Gasteiger partial charge in [0.15, 0.2) is 0 Å². The molecule has 1 heterocycles. The third kappa shape index (κ3) is 6.86. The lowest BCUT2D eigenvalue weighted by molar-refractivity contribution is -0.113. The number of amides is 2. The van der Waals surface area contributed by atoms with Gasteiger partial charge in [0.25, 0.3) is 0 Å². The number of carbonyl (C=O) groups is 2. The van der Waals surface area contributed by atoms with Gasteiger partial charge in [-0.1, -0.05) is 68.1 Å². The van der Waals surface area contributed by atoms with Gasteiger partial charge in [0, 0.05) is 11.3 Å². The van der Waals surface area contributed by atoms with Crippen molar-refractivity contribution in [2.45, 2.75) is 26.2 Å². The maximum absolute atomic E-state index is 12.6. The highest BCUT2D eigenvalue weighted by Gasteiger charge is 2.34. The SMILES string of the molecule is CCc1ccc(OCC2=NN=C(SCC(=O)Nc3ccc(C(N)=O)cc3)C2C(C)c2ccccc2)cc1. The zero-order chi connectivity index (χ0) is 26.2. The largest absolute Gasteiger partial charge is 0.488 e. The van der Waals surface area contributed by atoms with Crippen molar-refractivity contribution in [1.29, 1.82) is 0 Å². The molecule has 4 rings (SSSR count). The molecular formula is C29H30N4O3S. The zero-order valence-electron chi connectivity index (χ0n) is 20.9. The van der Waals surface area contributed by atoms with Crippen LogP contribution in [0.25, 0.3) is 0 Å². The predicted molar refractivity (Wildman–Crippen MR) is 151 cm³/mol. The van der Waals surface area contributed by atoms with E-state index in [4.69, 9.17) is 10.5 Å². The molecule has 0 radical (unpaired) electrons. The Morgan fingerprint density at radius 2 is 1.70 bits per heavy atom. The number of benzene rings is 3. The second kappa shape index (κ2) is 12.4. The second-order valence-corrected chi connectivity index (χ2v) is 9.77. The molecule has 0 saturated carbocycles. The molecule has 3 aromatic carbocycles. The molecule has 1 aliphatic rings. The van der Waals surface area contributed by atoms with Crippen molar-refractivity contribution in [3.05, 3.63) is 95.6 Å². The monoisotopic (exact) mass is 514 g/mol. The summed E-state index contributed by atoms with van der Waals surface area (Å²) in [6.07, 6.45) is 0.977. The fourth-order valence-corrected chi connectivity index (χ4v) is 5.07. The first-order valence-corrected chi connectivity index (χ1v) is 13.2. The maximum Gasteiger partial charge on any atom is 0.248 e. The van der Waals surface area contributed by atoms with Gasteiger partial charge >= 0.3 is 0 Å². The van der Waals surface area contributed by atoms with E-state index in [9.17, 15) is 9.59 Å². The first-order chi connectivity index (χ1) is 17.9. The van der Waals surface area contributed by atoms with Gasteiger partial charge in [-0.3, -0.25) is 9.59 Å². The number of rotatable bonds is 10. The number of anilines is 1. The van der Waals surface area contributed by atoms with E-state index < -0.39 is 5.91 Å². The van der Waals surface area contributed by atoms with Gasteiger partial charge in [-0.15, -0.1) is 5.10 Å². The molecule has 2 amide bonds. The molecule has 0 aliphatic carbocycles. The summed E-state index contributed by atoms with van der Waals surface area (Å²) in [6.45, 7) is 4.59. The van der Waals surface area contributed by atoms with Crippen molar-refractivity contribution >= 4 is 40.0 Å². The molecule has 190 valence electrons. The van der Waals surface area contributed by atoms with Crippen molar-refractivity contribution in [3.8, 4) is 5.75 Å². The molecule has 8 heteroatoms. The molecule has 2 atom stereocenters. The van der Waals surface area contributed by atoms with Crippen LogP contribution in [0.4, 0.5) is 5.69 Å². The number of hydrogen-bond donors (Lipinski definition) is 2. The smallest absolute Gasteiger partial charge is 0.248 e. The summed E-state index contributed by atoms with van der Waals surface area (Å²) in [5.74, 6) is 0.287. The molecule has 0 aromatic heterocycles. The van der Waals surface area contributed by atoms with E-state index in [0.717, 1.165) is 22.9 Å². The van der Waals surface area contributed by atoms with E-state index in [-0.39, 0.29) is 23.5 Å². The summed E-state index contributed by atoms with van der Waals surface area (Å²) in [4.78, 5) is 23.9. The van der Waals surface area contributed by atoms with Gasteiger partial charge in [-0.2, -0.15) is 5.10 Å². The Morgan fingerprint density at radius 3 is 2.35 bits per heavy atom. The van der Waals surface area contributed by atoms with Crippen LogP contribution < -0.4 is 15.8 Å². The minimum absolute atomic E-state index is 0.0926. The van der Waals surface area contributed by atoms with Gasteiger partial charge < -0.3 is 15.8 Å². The van der Waals surface area contributed by atoms with Crippen LogP contribution in [0.2, 0.25) is 0 Å². The van der Waals surface area contributed by atoms with Crippen LogP contribution >= 0.6 is 11.8 Å². The third-order valence-corrected chi connectivity index (χ3v) is 7.29. The number of primary amides is 1. The van der Waals surface area contributed by atoms with Crippen LogP contribution in [0.1, 0.15) is 41.3 Å². The molecule has 2 unspecified atom stereocenters. The molecule has 0 saturated heterocycles. The summed E-state index contributed by atoms with van der Waals surface area (Å²) < 4.78 is 6.06. The van der Waals surface area contributed by atoms with Crippen molar-refractivity contribution in [2.24, 2.45) is 21.9 Å². The summed E-state index contributed by atoms with van der Waals surface area (Å²) in [7, 11) is 0. The number of aryl methyl sites for hydroxylation is 1. The van der Waals surface area contributed by atoms with Crippen LogP contribution in [0, 0.1) is 5.92 Å². The van der Waals surface area contributed by atoms with Crippen molar-refractivity contribution in [3.63, 3.8) is 0 Å². The van der Waals surface area contributed by atoms with Gasteiger partial charge in [-0.05, 0) is 59.9 Å². The Hall–Kier alpha value is -3.91. The Bertz CT molecular complexity index is 1290. The molecule has 0 spiro atoms. The van der Waals surface area contributed by atoms with E-state index in [2.05, 4.69) is 53.6 Å². The summed E-state index contributed by atoms with van der Waals surface area (Å²) in [5.41, 5.74) is 9.52. The molecule has 3 N–H and O–H groups in total. The first-order valence-electron chi connectivity index (χ1n) is 12.2. The second-order valence-electron chi connectivity index (χ2n) is 8.77. The molecular weight excluding hydrogens is 484 g/mol. The van der Waals surface area contributed by atoms with Crippen molar-refractivity contribution in [2.75, 3.05) is 17.7 Å². The predicted octanol–water partition coefficient (Wildman–Crippen LogP) is 5.29. The average Bonchev–Trinajstić information content (AvgIpc) is 3.34. The summed E-state index contributed by atoms with van der Waals surface area (Å²) in [6, 6.07) is 24.8. The highest BCUT2D eigenvalue weighted by molar-refractivity contribution is 8.14. The molecule has 7 nitrogen and oxygen atoms in total. The van der Waals surface area contributed by atoms with Crippen molar-refractivity contribution < 1.29 is 14.3 Å². The molecule has 37 heavy (non-hydrogen) atoms. The first kappa shape index (κ1) is 26.2. The number of nitrogens with zero attached hydrogens (tertiary/aromatic N) is 2. The molecule has 0 fully saturated rings. The van der Waals surface area contributed by atoms with Crippen LogP contribution in [-0.2, 0) is 11.2 Å². The lowest BCUT2D eigenvalue weighted by Crippen LogP contribution is -2.29. The van der Waals surface area contributed by atoms with Crippen LogP contribution in [0.3, 0.4) is 0 Å². The standard InChI is InChI=1S/C29H30N4O3S/c1-3-20-9-15-24(16-10-20)36-17-25-27(19(2)21-7-5-4-6-8-21)29(33-32-25)37-18-26(34)31-23-13-11-22(12-14-23)28(30)35/h4-16,19,27H,3,17-18H2,1-2H3,(H2,30,35)(H,31,34). The van der Waals surface area contributed by atoms with E-state index in [0.29, 0.717) is 17.9 Å². The molecule has 0 bridgehead atoms. The number of nitrogens with two attached hydrogens (primary N) is 1. The Morgan fingerprint density at radius 1 is 1.00 bits per heavy atom. The minimum atomic E-state index is -0.510. The fraction of sp³-hybridized carbons (Fsp3) is 0.241. The number of ether oxygens (including phenoxy) is 1. The highest BCUT2D eigenvalue weighted by atomic mass is 32.2. The van der Waals surface area contributed by atoms with E-state index in [1.165, 1.54) is 22.9 Å². The van der Waals surface area contributed by atoms with Crippen LogP contribution in [0.15, 0.2) is 89.1 Å². The number of thioether (sulfide) groups is 1. The Kier molecular flexibility index (Phi) is 8.74. The minimum Gasteiger partial charge on any atom is -0.488 e. The summed E-state index contributed by atoms with van der Waals surface area (Å²) in [5, 5.41) is 12.5. The van der Waals surface area contributed by atoms with Crippen LogP contribution in [-0.4, -0.2) is 34.9 Å². The number of hydrogen-bond acceptors (Lipinski definition) is 6. The van der Waals surface area contributed by atoms with Gasteiger partial charge in [0.05, 0.1) is 17.4 Å². The topological polar surface area (TPSA) is 106 Å².